The molecule has 1 heterocycles. The Bertz CT molecular complexity index is 762. The van der Waals surface area contributed by atoms with Crippen LogP contribution >= 0.6 is 11.3 Å². The van der Waals surface area contributed by atoms with Crippen LogP contribution in [0.3, 0.4) is 0 Å². The van der Waals surface area contributed by atoms with Gasteiger partial charge in [-0.1, -0.05) is 41.7 Å². The van der Waals surface area contributed by atoms with E-state index in [0.717, 1.165) is 35.4 Å². The number of fused-ring (bicyclic) bond motifs is 1. The lowest BCUT2D eigenvalue weighted by Gasteiger charge is -2.22. The molecular formula is C18H20N4S. The summed E-state index contributed by atoms with van der Waals surface area (Å²) in [5, 5.41) is 4.38. The average molecular weight is 324 g/mol. The summed E-state index contributed by atoms with van der Waals surface area (Å²) in [5.41, 5.74) is 2.06. The number of hydrogen-bond donors (Lipinski definition) is 1. The summed E-state index contributed by atoms with van der Waals surface area (Å²) < 4.78 is 1.19. The Kier molecular flexibility index (Phi) is 4.88. The first-order chi connectivity index (χ1) is 11.3. The van der Waals surface area contributed by atoms with Crippen molar-refractivity contribution in [3.63, 3.8) is 0 Å². The smallest absolute Gasteiger partial charge is 0.204 e. The third kappa shape index (κ3) is 3.51. The van der Waals surface area contributed by atoms with Crippen molar-refractivity contribution in [1.29, 1.82) is 0 Å². The predicted molar refractivity (Wildman–Crippen MR) is 101 cm³/mol. The van der Waals surface area contributed by atoms with E-state index in [-0.39, 0.29) is 0 Å². The number of aromatic nitrogens is 1. The van der Waals surface area contributed by atoms with Crippen molar-refractivity contribution in [3.05, 3.63) is 54.6 Å². The maximum atomic E-state index is 4.75. The van der Waals surface area contributed by atoms with Gasteiger partial charge in [-0.25, -0.2) is 4.98 Å². The standard InChI is InChI=1S/C18H20N4S/c1-3-19-17(20-14-10-6-5-7-11-14)22(4-2)18-21-15-12-8-9-13-16(15)23-18/h5-13H,3-4H2,1-2H3,(H,19,20). The normalized spacial score (nSPS) is 11.7. The molecule has 0 amide bonds. The SMILES string of the molecule is CCN=C(Nc1ccccc1)N(CC)c1nc2ccccc2s1. The topological polar surface area (TPSA) is 40.5 Å². The Morgan fingerprint density at radius 3 is 2.52 bits per heavy atom. The van der Waals surface area contributed by atoms with Gasteiger partial charge in [-0.05, 0) is 38.1 Å². The third-order valence-corrected chi connectivity index (χ3v) is 4.48. The molecular weight excluding hydrogens is 304 g/mol. The molecule has 3 rings (SSSR count). The zero-order chi connectivity index (χ0) is 16.1. The summed E-state index contributed by atoms with van der Waals surface area (Å²) in [7, 11) is 0. The summed E-state index contributed by atoms with van der Waals surface area (Å²) in [6.07, 6.45) is 0. The van der Waals surface area contributed by atoms with Crippen molar-refractivity contribution in [2.24, 2.45) is 4.99 Å². The molecule has 1 aromatic heterocycles. The molecule has 0 radical (unpaired) electrons. The molecule has 0 atom stereocenters. The Morgan fingerprint density at radius 1 is 1.09 bits per heavy atom. The van der Waals surface area contributed by atoms with Crippen LogP contribution in [-0.2, 0) is 0 Å². The van der Waals surface area contributed by atoms with E-state index in [2.05, 4.69) is 28.2 Å². The van der Waals surface area contributed by atoms with Gasteiger partial charge in [-0.3, -0.25) is 9.89 Å². The molecule has 0 bridgehead atoms. The fourth-order valence-electron chi connectivity index (χ4n) is 2.34. The van der Waals surface area contributed by atoms with Crippen LogP contribution in [-0.4, -0.2) is 24.0 Å². The molecule has 5 heteroatoms. The van der Waals surface area contributed by atoms with Crippen molar-refractivity contribution < 1.29 is 0 Å². The fraction of sp³-hybridized carbons (Fsp3) is 0.222. The molecule has 0 saturated heterocycles. The first-order valence-electron chi connectivity index (χ1n) is 7.81. The van der Waals surface area contributed by atoms with Crippen molar-refractivity contribution in [2.45, 2.75) is 13.8 Å². The lowest BCUT2D eigenvalue weighted by atomic mass is 10.3. The van der Waals surface area contributed by atoms with E-state index in [9.17, 15) is 0 Å². The quantitative estimate of drug-likeness (QED) is 0.563. The highest BCUT2D eigenvalue weighted by atomic mass is 32.1. The van der Waals surface area contributed by atoms with E-state index in [0.29, 0.717) is 0 Å². The van der Waals surface area contributed by atoms with Gasteiger partial charge in [-0.15, -0.1) is 0 Å². The second-order valence-electron chi connectivity index (χ2n) is 5.00. The molecule has 1 N–H and O–H groups in total. The Balaban J connectivity index is 1.93. The number of guanidine groups is 1. The Morgan fingerprint density at radius 2 is 1.83 bits per heavy atom. The molecule has 3 aromatic rings. The number of nitrogens with one attached hydrogen (secondary N) is 1. The average Bonchev–Trinajstić information content (AvgIpc) is 3.00. The minimum Gasteiger partial charge on any atom is -0.326 e. The molecule has 0 aliphatic heterocycles. The van der Waals surface area contributed by atoms with Gasteiger partial charge < -0.3 is 5.32 Å². The maximum Gasteiger partial charge on any atom is 0.204 e. The largest absolute Gasteiger partial charge is 0.326 e. The molecule has 118 valence electrons. The molecule has 0 aliphatic carbocycles. The summed E-state index contributed by atoms with van der Waals surface area (Å²) >= 11 is 1.69. The number of nitrogens with zero attached hydrogens (tertiary/aromatic N) is 3. The summed E-state index contributed by atoms with van der Waals surface area (Å²) in [6.45, 7) is 5.68. The highest BCUT2D eigenvalue weighted by Crippen LogP contribution is 2.29. The van der Waals surface area contributed by atoms with Gasteiger partial charge in [0.25, 0.3) is 0 Å². The number of para-hydroxylation sites is 2. The minimum absolute atomic E-state index is 0.719. The highest BCUT2D eigenvalue weighted by Gasteiger charge is 2.16. The predicted octanol–water partition coefficient (Wildman–Crippen LogP) is 4.61. The van der Waals surface area contributed by atoms with E-state index in [1.54, 1.807) is 11.3 Å². The number of thiazole rings is 1. The molecule has 23 heavy (non-hydrogen) atoms. The lowest BCUT2D eigenvalue weighted by molar-refractivity contribution is 1.01. The third-order valence-electron chi connectivity index (χ3n) is 3.42. The van der Waals surface area contributed by atoms with Crippen molar-refractivity contribution >= 4 is 38.3 Å². The Hall–Kier alpha value is -2.40. The second-order valence-corrected chi connectivity index (χ2v) is 6.01. The zero-order valence-corrected chi connectivity index (χ0v) is 14.2. The molecule has 0 aliphatic rings. The van der Waals surface area contributed by atoms with Crippen molar-refractivity contribution in [1.82, 2.24) is 4.98 Å². The molecule has 0 spiro atoms. The fourth-order valence-corrected chi connectivity index (χ4v) is 3.38. The van der Waals surface area contributed by atoms with E-state index < -0.39 is 0 Å². The second kappa shape index (κ2) is 7.24. The number of anilines is 2. The lowest BCUT2D eigenvalue weighted by Crippen LogP contribution is -2.36. The zero-order valence-electron chi connectivity index (χ0n) is 13.4. The van der Waals surface area contributed by atoms with Crippen LogP contribution in [0.1, 0.15) is 13.8 Å². The van der Waals surface area contributed by atoms with Gasteiger partial charge in [0.1, 0.15) is 0 Å². The number of rotatable bonds is 4. The van der Waals surface area contributed by atoms with E-state index >= 15 is 0 Å². The minimum atomic E-state index is 0.719. The van der Waals surface area contributed by atoms with Crippen LogP contribution in [0.15, 0.2) is 59.6 Å². The molecule has 0 unspecified atom stereocenters. The summed E-state index contributed by atoms with van der Waals surface area (Å²) in [4.78, 5) is 11.5. The molecule has 2 aromatic carbocycles. The van der Waals surface area contributed by atoms with Crippen LogP contribution in [0.4, 0.5) is 10.8 Å². The first kappa shape index (κ1) is 15.5. The van der Waals surface area contributed by atoms with E-state index in [4.69, 9.17) is 4.98 Å². The first-order valence-corrected chi connectivity index (χ1v) is 8.63. The monoisotopic (exact) mass is 324 g/mol. The van der Waals surface area contributed by atoms with Crippen LogP contribution < -0.4 is 10.2 Å². The van der Waals surface area contributed by atoms with E-state index in [1.807, 2.05) is 55.5 Å². The van der Waals surface area contributed by atoms with Gasteiger partial charge in [-0.2, -0.15) is 0 Å². The Labute approximate surface area is 140 Å². The van der Waals surface area contributed by atoms with Crippen molar-refractivity contribution in [2.75, 3.05) is 23.3 Å². The van der Waals surface area contributed by atoms with Gasteiger partial charge in [0.05, 0.1) is 10.2 Å². The van der Waals surface area contributed by atoms with Crippen LogP contribution in [0.25, 0.3) is 10.2 Å². The van der Waals surface area contributed by atoms with Gasteiger partial charge >= 0.3 is 0 Å². The maximum absolute atomic E-state index is 4.75. The van der Waals surface area contributed by atoms with Gasteiger partial charge in [0.2, 0.25) is 5.96 Å². The van der Waals surface area contributed by atoms with Gasteiger partial charge in [0.15, 0.2) is 5.13 Å². The van der Waals surface area contributed by atoms with Crippen LogP contribution in [0, 0.1) is 0 Å². The molecule has 0 saturated carbocycles. The summed E-state index contributed by atoms with van der Waals surface area (Å²) in [6, 6.07) is 18.3. The highest BCUT2D eigenvalue weighted by molar-refractivity contribution is 7.22. The molecule has 0 fully saturated rings. The van der Waals surface area contributed by atoms with Gasteiger partial charge in [0, 0.05) is 18.8 Å². The molecule has 4 nitrogen and oxygen atoms in total. The van der Waals surface area contributed by atoms with E-state index in [1.165, 1.54) is 4.70 Å². The van der Waals surface area contributed by atoms with Crippen LogP contribution in [0.5, 0.6) is 0 Å². The summed E-state index contributed by atoms with van der Waals surface area (Å²) in [5.74, 6) is 0.834. The van der Waals surface area contributed by atoms with Crippen LogP contribution in [0.2, 0.25) is 0 Å². The van der Waals surface area contributed by atoms with Crippen molar-refractivity contribution in [3.8, 4) is 0 Å². The number of hydrogen-bond acceptors (Lipinski definition) is 3. The number of aliphatic imine (C=N–C) groups is 1. The number of benzene rings is 2.